The average molecular weight is 506 g/mol. The summed E-state index contributed by atoms with van der Waals surface area (Å²) in [5, 5.41) is 6.69. The van der Waals surface area contributed by atoms with Crippen molar-refractivity contribution in [3.8, 4) is 0 Å². The van der Waals surface area contributed by atoms with Gasteiger partial charge in [0.2, 0.25) is 5.91 Å². The molecule has 8 heteroatoms. The Morgan fingerprint density at radius 2 is 1.93 bits per heavy atom. The van der Waals surface area contributed by atoms with Gasteiger partial charge >= 0.3 is 0 Å². The van der Waals surface area contributed by atoms with Crippen molar-refractivity contribution in [2.24, 2.45) is 4.99 Å². The number of aliphatic imine (C=N–C) groups is 1. The minimum atomic E-state index is -0.563. The third-order valence-electron chi connectivity index (χ3n) is 5.52. The first kappa shape index (κ1) is 22.8. The molecule has 5 nitrogen and oxygen atoms in total. The predicted molar refractivity (Wildman–Crippen MR) is 117 cm³/mol. The Morgan fingerprint density at radius 1 is 1.25 bits per heavy atom. The fourth-order valence-electron chi connectivity index (χ4n) is 3.57. The van der Waals surface area contributed by atoms with Crippen LogP contribution in [-0.2, 0) is 10.2 Å². The van der Waals surface area contributed by atoms with Crippen molar-refractivity contribution in [3.63, 3.8) is 0 Å². The number of halogens is 3. The molecule has 0 aliphatic heterocycles. The molecule has 156 valence electrons. The number of hydrogen-bond acceptors (Lipinski definition) is 2. The number of carbonyl (C=O) groups excluding carboxylic acids is 1. The molecule has 2 fully saturated rings. The Labute approximate surface area is 182 Å². The highest BCUT2D eigenvalue weighted by Crippen LogP contribution is 2.48. The maximum absolute atomic E-state index is 14.2. The topological polar surface area (TPSA) is 56.7 Å². The molecule has 0 radical (unpaired) electrons. The van der Waals surface area contributed by atoms with E-state index in [1.165, 1.54) is 29.9 Å². The van der Waals surface area contributed by atoms with E-state index in [2.05, 4.69) is 15.6 Å². The molecule has 0 unspecified atom stereocenters. The molecule has 2 aliphatic rings. The summed E-state index contributed by atoms with van der Waals surface area (Å²) < 4.78 is 27.4. The molecule has 2 N–H and O–H groups in total. The van der Waals surface area contributed by atoms with E-state index >= 15 is 0 Å². The molecular formula is C20H29F2IN4O. The molecule has 1 aromatic rings. The van der Waals surface area contributed by atoms with E-state index in [1.807, 2.05) is 0 Å². The molecule has 0 saturated heterocycles. The molecule has 1 amide bonds. The largest absolute Gasteiger partial charge is 0.355 e. The van der Waals surface area contributed by atoms with E-state index < -0.39 is 11.6 Å². The van der Waals surface area contributed by atoms with E-state index in [-0.39, 0.29) is 41.8 Å². The van der Waals surface area contributed by atoms with E-state index in [0.29, 0.717) is 24.1 Å². The number of carbonyl (C=O) groups is 1. The van der Waals surface area contributed by atoms with E-state index in [4.69, 9.17) is 0 Å². The van der Waals surface area contributed by atoms with Gasteiger partial charge in [-0.3, -0.25) is 4.79 Å². The monoisotopic (exact) mass is 506 g/mol. The summed E-state index contributed by atoms with van der Waals surface area (Å²) in [5.41, 5.74) is 0.211. The molecule has 1 aromatic carbocycles. The first-order valence-corrected chi connectivity index (χ1v) is 9.60. The van der Waals surface area contributed by atoms with Crippen molar-refractivity contribution < 1.29 is 13.6 Å². The Morgan fingerprint density at radius 3 is 2.50 bits per heavy atom. The lowest BCUT2D eigenvalue weighted by Crippen LogP contribution is -2.45. The molecule has 0 aromatic heterocycles. The Hall–Kier alpha value is -1.45. The van der Waals surface area contributed by atoms with Crippen LogP contribution in [0.3, 0.4) is 0 Å². The molecular weight excluding hydrogens is 477 g/mol. The molecule has 28 heavy (non-hydrogen) atoms. The number of nitrogens with one attached hydrogen (secondary N) is 2. The molecule has 2 aliphatic carbocycles. The van der Waals surface area contributed by atoms with Crippen LogP contribution in [0.5, 0.6) is 0 Å². The highest BCUT2D eigenvalue weighted by atomic mass is 127. The third kappa shape index (κ3) is 5.78. The zero-order chi connectivity index (χ0) is 19.4. The predicted octanol–water partition coefficient (Wildman–Crippen LogP) is 3.18. The molecule has 0 bridgehead atoms. The Kier molecular flexibility index (Phi) is 8.03. The fraction of sp³-hybridized carbons (Fsp3) is 0.600. The standard InChI is InChI=1S/C20H28F2N4O.HI/c1-26(2)18(27)12-23-19(25-15-5-3-4-6-15)24-13-20(9-10-20)16-8-7-14(21)11-17(16)22;/h7-8,11,15H,3-6,9-10,12-13H2,1-2H3,(H2,23,24,25);1H. The van der Waals surface area contributed by atoms with Crippen molar-refractivity contribution in [3.05, 3.63) is 35.4 Å². The number of hydrogen-bond donors (Lipinski definition) is 2. The second-order valence-electron chi connectivity index (χ2n) is 7.84. The summed E-state index contributed by atoms with van der Waals surface area (Å²) in [6, 6.07) is 4.14. The van der Waals surface area contributed by atoms with Gasteiger partial charge in [0.25, 0.3) is 0 Å². The number of amides is 1. The molecule has 0 atom stereocenters. The molecule has 0 spiro atoms. The minimum Gasteiger partial charge on any atom is -0.355 e. The molecule has 0 heterocycles. The second-order valence-corrected chi connectivity index (χ2v) is 7.84. The van der Waals surface area contributed by atoms with Gasteiger partial charge in [-0.1, -0.05) is 18.9 Å². The van der Waals surface area contributed by atoms with Gasteiger partial charge in [0.05, 0.1) is 0 Å². The smallest absolute Gasteiger partial charge is 0.243 e. The van der Waals surface area contributed by atoms with Gasteiger partial charge in [-0.25, -0.2) is 13.8 Å². The maximum Gasteiger partial charge on any atom is 0.243 e. The first-order valence-electron chi connectivity index (χ1n) is 9.60. The molecule has 2 saturated carbocycles. The van der Waals surface area contributed by atoms with Crippen LogP contribution in [-0.4, -0.2) is 50.0 Å². The van der Waals surface area contributed by atoms with Crippen LogP contribution in [0, 0.1) is 11.6 Å². The summed E-state index contributed by atoms with van der Waals surface area (Å²) in [6.45, 7) is 0.567. The van der Waals surface area contributed by atoms with Crippen molar-refractivity contribution >= 4 is 35.8 Å². The third-order valence-corrected chi connectivity index (χ3v) is 5.52. The van der Waals surface area contributed by atoms with E-state index in [1.54, 1.807) is 14.1 Å². The lowest BCUT2D eigenvalue weighted by molar-refractivity contribution is -0.127. The number of guanidine groups is 1. The number of rotatable bonds is 6. The summed E-state index contributed by atoms with van der Waals surface area (Å²) in [4.78, 5) is 17.8. The fourth-order valence-corrected chi connectivity index (χ4v) is 3.57. The summed E-state index contributed by atoms with van der Waals surface area (Å²) in [7, 11) is 3.40. The Bertz CT molecular complexity index is 716. The van der Waals surface area contributed by atoms with Crippen LogP contribution < -0.4 is 10.6 Å². The SMILES string of the molecule is CN(C)C(=O)CN=C(NCC1(c2ccc(F)cc2F)CC1)NC1CCCC1.I. The lowest BCUT2D eigenvalue weighted by Gasteiger charge is -2.22. The van der Waals surface area contributed by atoms with Crippen LogP contribution in [0.25, 0.3) is 0 Å². The minimum absolute atomic E-state index is 0. The van der Waals surface area contributed by atoms with Crippen LogP contribution in [0.15, 0.2) is 23.2 Å². The van der Waals surface area contributed by atoms with Gasteiger partial charge in [0, 0.05) is 38.2 Å². The van der Waals surface area contributed by atoms with E-state index in [9.17, 15) is 13.6 Å². The van der Waals surface area contributed by atoms with Crippen LogP contribution in [0.2, 0.25) is 0 Å². The molecule has 3 rings (SSSR count). The van der Waals surface area contributed by atoms with Crippen LogP contribution >= 0.6 is 24.0 Å². The Balaban J connectivity index is 0.00000280. The highest BCUT2D eigenvalue weighted by molar-refractivity contribution is 14.0. The van der Waals surface area contributed by atoms with Gasteiger partial charge in [0.15, 0.2) is 5.96 Å². The number of likely N-dealkylation sites (N-methyl/N-ethyl adjacent to an activating group) is 1. The van der Waals surface area contributed by atoms with Crippen molar-refractivity contribution in [1.29, 1.82) is 0 Å². The highest BCUT2D eigenvalue weighted by Gasteiger charge is 2.46. The van der Waals surface area contributed by atoms with Gasteiger partial charge in [0.1, 0.15) is 18.2 Å². The zero-order valence-electron chi connectivity index (χ0n) is 16.4. The second kappa shape index (κ2) is 9.84. The number of benzene rings is 1. The number of nitrogens with zero attached hydrogens (tertiary/aromatic N) is 2. The van der Waals surface area contributed by atoms with Gasteiger partial charge < -0.3 is 15.5 Å². The van der Waals surface area contributed by atoms with Crippen molar-refractivity contribution in [2.75, 3.05) is 27.2 Å². The normalized spacial score (nSPS) is 18.4. The van der Waals surface area contributed by atoms with Crippen LogP contribution in [0.1, 0.15) is 44.1 Å². The van der Waals surface area contributed by atoms with Gasteiger partial charge in [-0.15, -0.1) is 24.0 Å². The van der Waals surface area contributed by atoms with Crippen molar-refractivity contribution in [2.45, 2.75) is 50.0 Å². The lowest BCUT2D eigenvalue weighted by atomic mass is 9.95. The van der Waals surface area contributed by atoms with Gasteiger partial charge in [-0.2, -0.15) is 0 Å². The summed E-state index contributed by atoms with van der Waals surface area (Å²) >= 11 is 0. The van der Waals surface area contributed by atoms with Crippen molar-refractivity contribution in [1.82, 2.24) is 15.5 Å². The average Bonchev–Trinajstić information content (AvgIpc) is 3.22. The maximum atomic E-state index is 14.2. The first-order chi connectivity index (χ1) is 12.9. The summed E-state index contributed by atoms with van der Waals surface area (Å²) in [5.74, 6) is -0.550. The van der Waals surface area contributed by atoms with Gasteiger partial charge in [-0.05, 0) is 37.3 Å². The van der Waals surface area contributed by atoms with E-state index in [0.717, 1.165) is 31.7 Å². The quantitative estimate of drug-likeness (QED) is 0.354. The summed E-state index contributed by atoms with van der Waals surface area (Å²) in [6.07, 6.45) is 6.23. The zero-order valence-corrected chi connectivity index (χ0v) is 18.8. The van der Waals surface area contributed by atoms with Crippen LogP contribution in [0.4, 0.5) is 8.78 Å².